The van der Waals surface area contributed by atoms with Crippen molar-refractivity contribution >= 4 is 41.2 Å². The maximum Gasteiger partial charge on any atom is 0.325 e. The van der Waals surface area contributed by atoms with Crippen molar-refractivity contribution in [3.63, 3.8) is 0 Å². The van der Waals surface area contributed by atoms with E-state index >= 15 is 0 Å². The van der Waals surface area contributed by atoms with Gasteiger partial charge < -0.3 is 9.64 Å². The molecule has 0 saturated carbocycles. The van der Waals surface area contributed by atoms with Crippen molar-refractivity contribution in [2.24, 2.45) is 0 Å². The molecule has 6 heteroatoms. The van der Waals surface area contributed by atoms with Crippen LogP contribution in [0.1, 0.15) is 23.6 Å². The number of carbonyl (C=O) groups is 2. The highest BCUT2D eigenvalue weighted by Crippen LogP contribution is 2.37. The van der Waals surface area contributed by atoms with Gasteiger partial charge in [0.25, 0.3) is 0 Å². The van der Waals surface area contributed by atoms with Gasteiger partial charge in [-0.25, -0.2) is 0 Å². The van der Waals surface area contributed by atoms with E-state index in [-0.39, 0.29) is 12.5 Å². The van der Waals surface area contributed by atoms with Crippen molar-refractivity contribution in [1.29, 1.82) is 0 Å². The van der Waals surface area contributed by atoms with Crippen molar-refractivity contribution in [3.8, 4) is 0 Å². The molecule has 0 aliphatic rings. The van der Waals surface area contributed by atoms with Crippen molar-refractivity contribution in [1.82, 2.24) is 4.90 Å². The number of hydrogen-bond donors (Lipinski definition) is 0. The van der Waals surface area contributed by atoms with Crippen molar-refractivity contribution < 1.29 is 14.3 Å². The summed E-state index contributed by atoms with van der Waals surface area (Å²) in [6, 6.07) is 23.9. The van der Waals surface area contributed by atoms with Gasteiger partial charge in [0.15, 0.2) is 0 Å². The summed E-state index contributed by atoms with van der Waals surface area (Å²) >= 11 is 12.2. The Morgan fingerprint density at radius 1 is 0.875 bits per heavy atom. The maximum atomic E-state index is 13.5. The van der Waals surface area contributed by atoms with Crippen LogP contribution in [0.15, 0.2) is 84.9 Å². The fourth-order valence-corrected chi connectivity index (χ4v) is 3.75. The smallest absolute Gasteiger partial charge is 0.325 e. The van der Waals surface area contributed by atoms with Crippen LogP contribution in [0.4, 0.5) is 0 Å². The van der Waals surface area contributed by atoms with E-state index in [4.69, 9.17) is 27.9 Å². The number of methoxy groups -OCH3 is 1. The van der Waals surface area contributed by atoms with E-state index in [1.165, 1.54) is 18.1 Å². The zero-order valence-corrected chi connectivity index (χ0v) is 19.3. The number of halogens is 2. The summed E-state index contributed by atoms with van der Waals surface area (Å²) in [5, 5.41) is 1.14. The third-order valence-corrected chi connectivity index (χ3v) is 5.86. The van der Waals surface area contributed by atoms with Crippen molar-refractivity contribution in [3.05, 3.63) is 112 Å². The lowest BCUT2D eigenvalue weighted by atomic mass is 9.82. The summed E-state index contributed by atoms with van der Waals surface area (Å²) < 4.78 is 4.90. The van der Waals surface area contributed by atoms with Crippen LogP contribution in [0.25, 0.3) is 6.08 Å². The van der Waals surface area contributed by atoms with Gasteiger partial charge in [-0.05, 0) is 54.0 Å². The van der Waals surface area contributed by atoms with E-state index in [2.05, 4.69) is 0 Å². The fourth-order valence-electron chi connectivity index (χ4n) is 3.50. The molecule has 32 heavy (non-hydrogen) atoms. The van der Waals surface area contributed by atoms with Gasteiger partial charge in [0.05, 0.1) is 12.6 Å². The Kier molecular flexibility index (Phi) is 7.73. The molecule has 0 saturated heterocycles. The van der Waals surface area contributed by atoms with Crippen LogP contribution in [-0.2, 0) is 19.9 Å². The van der Waals surface area contributed by atoms with Gasteiger partial charge in [0.2, 0.25) is 5.91 Å². The van der Waals surface area contributed by atoms with E-state index in [0.717, 1.165) is 16.7 Å². The van der Waals surface area contributed by atoms with Crippen molar-refractivity contribution in [2.45, 2.75) is 12.5 Å². The van der Waals surface area contributed by atoms with Crippen LogP contribution >= 0.6 is 23.2 Å². The second-order valence-corrected chi connectivity index (χ2v) is 8.20. The molecule has 164 valence electrons. The third kappa shape index (κ3) is 5.39. The SMILES string of the molecule is COC(=O)CN(C(=O)/C=C/c1ccccc1)C(C)(c1ccc(Cl)cc1)c1ccc(Cl)cc1. The number of carbonyl (C=O) groups excluding carboxylic acids is 2. The van der Waals surface area contributed by atoms with Crippen LogP contribution in [0.5, 0.6) is 0 Å². The summed E-state index contributed by atoms with van der Waals surface area (Å²) in [4.78, 5) is 27.3. The predicted molar refractivity (Wildman–Crippen MR) is 129 cm³/mol. The van der Waals surface area contributed by atoms with Gasteiger partial charge >= 0.3 is 5.97 Å². The number of esters is 1. The molecule has 0 bridgehead atoms. The van der Waals surface area contributed by atoms with Crippen LogP contribution < -0.4 is 0 Å². The largest absolute Gasteiger partial charge is 0.468 e. The summed E-state index contributed by atoms with van der Waals surface area (Å²) in [5.74, 6) is -0.868. The van der Waals surface area contributed by atoms with Gasteiger partial charge in [0, 0.05) is 16.1 Å². The zero-order chi connectivity index (χ0) is 23.1. The Labute approximate surface area is 198 Å². The average molecular weight is 468 g/mol. The van der Waals surface area contributed by atoms with Crippen molar-refractivity contribution in [2.75, 3.05) is 13.7 Å². The van der Waals surface area contributed by atoms with Gasteiger partial charge in [-0.3, -0.25) is 9.59 Å². The third-order valence-electron chi connectivity index (χ3n) is 5.35. The molecule has 4 nitrogen and oxygen atoms in total. The number of ether oxygens (including phenoxy) is 1. The molecule has 0 aliphatic heterocycles. The molecule has 3 aromatic rings. The second kappa shape index (κ2) is 10.5. The molecule has 0 aromatic heterocycles. The molecule has 0 radical (unpaired) electrons. The first-order valence-electron chi connectivity index (χ1n) is 9.98. The molecule has 1 amide bonds. The second-order valence-electron chi connectivity index (χ2n) is 7.33. The predicted octanol–water partition coefficient (Wildman–Crippen LogP) is 5.97. The summed E-state index contributed by atoms with van der Waals surface area (Å²) in [6.45, 7) is 1.65. The first-order chi connectivity index (χ1) is 15.3. The summed E-state index contributed by atoms with van der Waals surface area (Å²) in [7, 11) is 1.30. The molecule has 0 spiro atoms. The number of hydrogen-bond acceptors (Lipinski definition) is 3. The molecule has 0 fully saturated rings. The number of amides is 1. The minimum Gasteiger partial charge on any atom is -0.468 e. The quantitative estimate of drug-likeness (QED) is 0.317. The number of rotatable bonds is 7. The lowest BCUT2D eigenvalue weighted by Crippen LogP contribution is -2.50. The average Bonchev–Trinajstić information content (AvgIpc) is 2.82. The highest BCUT2D eigenvalue weighted by molar-refractivity contribution is 6.30. The molecular weight excluding hydrogens is 445 g/mol. The summed E-state index contributed by atoms with van der Waals surface area (Å²) in [6.07, 6.45) is 3.18. The van der Waals surface area contributed by atoms with Crippen LogP contribution in [0, 0.1) is 0 Å². The topological polar surface area (TPSA) is 46.6 Å². The Hall–Kier alpha value is -3.08. The van der Waals surface area contributed by atoms with E-state index in [9.17, 15) is 9.59 Å². The molecule has 0 unspecified atom stereocenters. The zero-order valence-electron chi connectivity index (χ0n) is 17.8. The van der Waals surface area contributed by atoms with E-state index < -0.39 is 11.5 Å². The van der Waals surface area contributed by atoms with E-state index in [0.29, 0.717) is 10.0 Å². The van der Waals surface area contributed by atoms with Crippen LogP contribution in [0.3, 0.4) is 0 Å². The standard InChI is InChI=1S/C26H23Cl2NO3/c1-26(20-9-13-22(27)14-10-20,21-11-15-23(28)16-12-21)29(18-25(31)32-2)24(30)17-8-19-6-4-3-5-7-19/h3-17H,18H2,1-2H3/b17-8+. The van der Waals surface area contributed by atoms with E-state index in [1.54, 1.807) is 30.3 Å². The molecule has 3 rings (SSSR count). The monoisotopic (exact) mass is 467 g/mol. The molecule has 3 aromatic carbocycles. The van der Waals surface area contributed by atoms with Gasteiger partial charge in [-0.15, -0.1) is 0 Å². The minimum absolute atomic E-state index is 0.240. The molecule has 0 N–H and O–H groups in total. The first kappa shape index (κ1) is 23.6. The lowest BCUT2D eigenvalue weighted by Gasteiger charge is -2.41. The fraction of sp³-hybridized carbons (Fsp3) is 0.154. The Morgan fingerprint density at radius 3 is 1.84 bits per heavy atom. The summed E-state index contributed by atoms with van der Waals surface area (Å²) in [5.41, 5.74) is 1.45. The first-order valence-corrected chi connectivity index (χ1v) is 10.7. The Balaban J connectivity index is 2.13. The highest BCUT2D eigenvalue weighted by Gasteiger charge is 2.39. The normalized spacial score (nSPS) is 11.4. The number of nitrogens with zero attached hydrogens (tertiary/aromatic N) is 1. The number of benzene rings is 3. The maximum absolute atomic E-state index is 13.5. The van der Waals surface area contributed by atoms with Crippen LogP contribution in [0.2, 0.25) is 10.0 Å². The molecule has 0 heterocycles. The molecular formula is C26H23Cl2NO3. The lowest BCUT2D eigenvalue weighted by molar-refractivity contribution is -0.148. The Morgan fingerprint density at radius 2 is 1.38 bits per heavy atom. The van der Waals surface area contributed by atoms with E-state index in [1.807, 2.05) is 61.5 Å². The Bertz CT molecular complexity index is 1050. The molecule has 0 aliphatic carbocycles. The minimum atomic E-state index is -0.999. The van der Waals surface area contributed by atoms with Crippen LogP contribution in [-0.4, -0.2) is 30.4 Å². The highest BCUT2D eigenvalue weighted by atomic mass is 35.5. The van der Waals surface area contributed by atoms with Gasteiger partial charge in [-0.1, -0.05) is 77.8 Å². The van der Waals surface area contributed by atoms with Gasteiger partial charge in [-0.2, -0.15) is 0 Å². The molecule has 0 atom stereocenters. The van der Waals surface area contributed by atoms with Gasteiger partial charge in [0.1, 0.15) is 6.54 Å².